The van der Waals surface area contributed by atoms with Crippen molar-refractivity contribution in [3.05, 3.63) is 148 Å². The van der Waals surface area contributed by atoms with E-state index in [0.29, 0.717) is 0 Å². The molecule has 0 N–H and O–H groups in total. The topological polar surface area (TPSA) is 6.48 Å². The molecule has 0 bridgehead atoms. The van der Waals surface area contributed by atoms with Gasteiger partial charge in [-0.25, -0.2) is 0 Å². The summed E-state index contributed by atoms with van der Waals surface area (Å²) in [7, 11) is 0. The third kappa shape index (κ3) is 7.17. The molecule has 63 heavy (non-hydrogen) atoms. The SMILES string of the molecule is CC(C)(C)c1ccc(N2c3ccc(C(C)(C)C)cc3B3c4cc(C(C)(C)C)ccc4N(c4ccc(C(C)(C)C)cc4)c4cc(-c5c6c(cc7c5CCCC7)CCCC6)cc2c43)cc1. The van der Waals surface area contributed by atoms with Gasteiger partial charge >= 0.3 is 0 Å². The van der Waals surface area contributed by atoms with Crippen molar-refractivity contribution in [3.8, 4) is 11.1 Å². The van der Waals surface area contributed by atoms with Crippen LogP contribution in [-0.4, -0.2) is 6.71 Å². The highest BCUT2D eigenvalue weighted by molar-refractivity contribution is 7.00. The van der Waals surface area contributed by atoms with E-state index in [4.69, 9.17) is 0 Å². The quantitative estimate of drug-likeness (QED) is 0.164. The van der Waals surface area contributed by atoms with Crippen LogP contribution in [0, 0.1) is 0 Å². The number of hydrogen-bond acceptors (Lipinski definition) is 2. The first-order valence-corrected chi connectivity index (χ1v) is 24.2. The molecule has 0 saturated heterocycles. The highest BCUT2D eigenvalue weighted by Gasteiger charge is 2.45. The molecule has 4 aliphatic rings. The summed E-state index contributed by atoms with van der Waals surface area (Å²) in [4.78, 5) is 5.29. The van der Waals surface area contributed by atoms with Gasteiger partial charge < -0.3 is 9.80 Å². The molecule has 0 saturated carbocycles. The molecule has 0 fully saturated rings. The number of rotatable bonds is 3. The van der Waals surface area contributed by atoms with E-state index in [1.54, 1.807) is 27.8 Å². The number of anilines is 6. The predicted molar refractivity (Wildman–Crippen MR) is 274 cm³/mol. The number of nitrogens with zero attached hydrogens (tertiary/aromatic N) is 2. The Morgan fingerprint density at radius 1 is 0.381 bits per heavy atom. The molecule has 3 heteroatoms. The van der Waals surface area contributed by atoms with Gasteiger partial charge in [-0.1, -0.05) is 138 Å². The lowest BCUT2D eigenvalue weighted by molar-refractivity contribution is 0.590. The number of aryl methyl sites for hydroxylation is 2. The van der Waals surface area contributed by atoms with Crippen molar-refractivity contribution < 1.29 is 0 Å². The van der Waals surface area contributed by atoms with Crippen molar-refractivity contribution in [2.24, 2.45) is 0 Å². The van der Waals surface area contributed by atoms with Crippen molar-refractivity contribution in [1.82, 2.24) is 0 Å². The highest BCUT2D eigenvalue weighted by atomic mass is 15.2. The minimum absolute atomic E-state index is 0.00172. The summed E-state index contributed by atoms with van der Waals surface area (Å²) in [5.74, 6) is 0. The van der Waals surface area contributed by atoms with Crippen molar-refractivity contribution in [3.63, 3.8) is 0 Å². The maximum absolute atomic E-state index is 2.65. The summed E-state index contributed by atoms with van der Waals surface area (Å²) in [5, 5.41) is 0. The van der Waals surface area contributed by atoms with Crippen molar-refractivity contribution in [2.75, 3.05) is 9.80 Å². The van der Waals surface area contributed by atoms with Crippen LogP contribution in [0.15, 0.2) is 103 Å². The second kappa shape index (κ2) is 14.8. The number of benzene rings is 6. The Balaban J connectivity index is 1.35. The van der Waals surface area contributed by atoms with E-state index in [2.05, 4.69) is 196 Å². The minimum Gasteiger partial charge on any atom is -0.311 e. The molecular weight excluding hydrogens is 759 g/mol. The van der Waals surface area contributed by atoms with Crippen LogP contribution in [0.25, 0.3) is 11.1 Å². The lowest BCUT2D eigenvalue weighted by Gasteiger charge is -2.45. The minimum atomic E-state index is -0.00172. The lowest BCUT2D eigenvalue weighted by atomic mass is 9.33. The average Bonchev–Trinajstić information content (AvgIpc) is 3.23. The average molecular weight is 829 g/mol. The Labute approximate surface area is 380 Å². The van der Waals surface area contributed by atoms with Gasteiger partial charge in [-0.2, -0.15) is 0 Å². The molecule has 0 atom stereocenters. The zero-order chi connectivity index (χ0) is 44.4. The molecule has 10 rings (SSSR count). The fourth-order valence-electron chi connectivity index (χ4n) is 11.3. The van der Waals surface area contributed by atoms with Gasteiger partial charge in [0.1, 0.15) is 0 Å². The number of hydrogen-bond donors (Lipinski definition) is 0. The fraction of sp³-hybridized carbons (Fsp3) is 0.400. The molecule has 6 aromatic rings. The largest absolute Gasteiger partial charge is 0.311 e. The molecule has 0 spiro atoms. The fourth-order valence-corrected chi connectivity index (χ4v) is 11.3. The van der Waals surface area contributed by atoms with Crippen LogP contribution in [0.3, 0.4) is 0 Å². The van der Waals surface area contributed by atoms with Crippen molar-refractivity contribution in [2.45, 2.75) is 156 Å². The van der Waals surface area contributed by atoms with Crippen LogP contribution in [0.2, 0.25) is 0 Å². The molecule has 0 aromatic heterocycles. The smallest absolute Gasteiger partial charge is 0.252 e. The number of fused-ring (bicyclic) bond motifs is 6. The lowest BCUT2D eigenvalue weighted by Crippen LogP contribution is -2.61. The second-order valence-corrected chi connectivity index (χ2v) is 23.6. The Hall–Kier alpha value is -5.02. The maximum atomic E-state index is 2.65. The molecular formula is C60H69BN2. The first kappa shape index (κ1) is 42.0. The van der Waals surface area contributed by atoms with Crippen LogP contribution < -0.4 is 26.2 Å². The molecule has 6 aromatic carbocycles. The van der Waals surface area contributed by atoms with Crippen LogP contribution in [-0.2, 0) is 47.3 Å². The van der Waals surface area contributed by atoms with Crippen LogP contribution in [0.5, 0.6) is 0 Å². The predicted octanol–water partition coefficient (Wildman–Crippen LogP) is 14.4. The third-order valence-corrected chi connectivity index (χ3v) is 15.0. The summed E-state index contributed by atoms with van der Waals surface area (Å²) in [5.41, 5.74) is 26.8. The normalized spacial score (nSPS) is 16.0. The van der Waals surface area contributed by atoms with Crippen molar-refractivity contribution in [1.29, 1.82) is 0 Å². The van der Waals surface area contributed by atoms with Crippen LogP contribution >= 0.6 is 0 Å². The first-order valence-electron chi connectivity index (χ1n) is 24.2. The van der Waals surface area contributed by atoms with Gasteiger partial charge in [-0.15, -0.1) is 0 Å². The first-order chi connectivity index (χ1) is 29.8. The Bertz CT molecular complexity index is 2580. The van der Waals surface area contributed by atoms with Gasteiger partial charge in [-0.3, -0.25) is 0 Å². The van der Waals surface area contributed by atoms with E-state index in [1.807, 2.05) is 0 Å². The maximum Gasteiger partial charge on any atom is 0.252 e. The Morgan fingerprint density at radius 2 is 0.746 bits per heavy atom. The van der Waals surface area contributed by atoms with Crippen LogP contribution in [0.4, 0.5) is 34.1 Å². The molecule has 0 amide bonds. The summed E-state index contributed by atoms with van der Waals surface area (Å²) in [6.07, 6.45) is 9.84. The summed E-state index contributed by atoms with van der Waals surface area (Å²) in [6, 6.07) is 41.9. The van der Waals surface area contributed by atoms with E-state index in [-0.39, 0.29) is 28.4 Å². The van der Waals surface area contributed by atoms with E-state index in [9.17, 15) is 0 Å². The van der Waals surface area contributed by atoms with E-state index < -0.39 is 0 Å². The van der Waals surface area contributed by atoms with Gasteiger partial charge in [0.2, 0.25) is 0 Å². The Morgan fingerprint density at radius 3 is 1.13 bits per heavy atom. The molecule has 2 heterocycles. The Kier molecular flexibility index (Phi) is 9.84. The summed E-state index contributed by atoms with van der Waals surface area (Å²) >= 11 is 0. The molecule has 0 radical (unpaired) electrons. The van der Waals surface area contributed by atoms with Crippen molar-refractivity contribution >= 4 is 57.2 Å². The van der Waals surface area contributed by atoms with Gasteiger partial charge in [-0.05, 0) is 194 Å². The standard InChI is InChI=1S/C60H69BN2/c1-57(2,3)41-21-27-45(28-22-41)62-51-31-25-43(59(7,8)9)36-49(51)61-50-37-44(60(10,11)12)26-32-52(50)63(46-29-23-42(24-30-46)58(4,5)6)54-35-40(34-53(62)56(54)61)55-47-19-15-13-17-38(47)33-39-18-14-16-20-48(39)55/h21-37H,13-20H2,1-12H3. The third-order valence-electron chi connectivity index (χ3n) is 15.0. The zero-order valence-electron chi connectivity index (χ0n) is 40.4. The molecule has 2 aliphatic heterocycles. The summed E-state index contributed by atoms with van der Waals surface area (Å²) < 4.78 is 0. The van der Waals surface area contributed by atoms with E-state index >= 15 is 0 Å². The molecule has 0 unspecified atom stereocenters. The van der Waals surface area contributed by atoms with Gasteiger partial charge in [0, 0.05) is 34.1 Å². The summed E-state index contributed by atoms with van der Waals surface area (Å²) in [6.45, 7) is 28.2. The van der Waals surface area contributed by atoms with Crippen LogP contribution in [0.1, 0.15) is 153 Å². The second-order valence-electron chi connectivity index (χ2n) is 23.6. The van der Waals surface area contributed by atoms with E-state index in [0.717, 1.165) is 0 Å². The van der Waals surface area contributed by atoms with Gasteiger partial charge in [0.05, 0.1) is 0 Å². The monoisotopic (exact) mass is 829 g/mol. The molecule has 2 aliphatic carbocycles. The molecule has 322 valence electrons. The zero-order valence-corrected chi connectivity index (χ0v) is 40.4. The van der Waals surface area contributed by atoms with Gasteiger partial charge in [0.15, 0.2) is 0 Å². The van der Waals surface area contributed by atoms with E-state index in [1.165, 1.54) is 130 Å². The highest BCUT2D eigenvalue weighted by Crippen LogP contribution is 2.49. The molecule has 2 nitrogen and oxygen atoms in total. The van der Waals surface area contributed by atoms with Gasteiger partial charge in [0.25, 0.3) is 6.71 Å².